The summed E-state index contributed by atoms with van der Waals surface area (Å²) in [4.78, 5) is 18.0. The van der Waals surface area contributed by atoms with Crippen LogP contribution in [-0.4, -0.2) is 29.6 Å². The number of aromatic nitrogens is 2. The number of para-hydroxylation sites is 1. The third kappa shape index (κ3) is 3.39. The predicted octanol–water partition coefficient (Wildman–Crippen LogP) is 4.30. The van der Waals surface area contributed by atoms with Crippen molar-refractivity contribution in [2.45, 2.75) is 17.9 Å². The van der Waals surface area contributed by atoms with Crippen molar-refractivity contribution in [2.75, 3.05) is 5.32 Å². The summed E-state index contributed by atoms with van der Waals surface area (Å²) in [6.45, 7) is 0.344. The second kappa shape index (κ2) is 7.50. The number of fused-ring (bicyclic) bond motifs is 2. The van der Waals surface area contributed by atoms with E-state index in [1.165, 1.54) is 4.57 Å². The third-order valence-corrected chi connectivity index (χ3v) is 7.20. The number of hydrogen-bond donors (Lipinski definition) is 4. The van der Waals surface area contributed by atoms with E-state index in [9.17, 15) is 19.0 Å². The maximum atomic E-state index is 13.5. The highest BCUT2D eigenvalue weighted by atomic mass is 32.3. The van der Waals surface area contributed by atoms with Crippen LogP contribution in [0.1, 0.15) is 11.1 Å². The number of aromatic hydroxyl groups is 1. The van der Waals surface area contributed by atoms with Gasteiger partial charge in [-0.15, -0.1) is 4.40 Å². The molecule has 0 radical (unpaired) electrons. The number of thiophene rings is 1. The van der Waals surface area contributed by atoms with Gasteiger partial charge in [-0.3, -0.25) is 18.5 Å². The van der Waals surface area contributed by atoms with Gasteiger partial charge in [-0.1, -0.05) is 22.9 Å². The molecule has 1 aliphatic rings. The molecule has 1 aliphatic heterocycles. The van der Waals surface area contributed by atoms with E-state index in [0.29, 0.717) is 29.7 Å². The largest absolute Gasteiger partial charge is 0.506 e. The molecule has 0 amide bonds. The van der Waals surface area contributed by atoms with E-state index in [-0.39, 0.29) is 22.0 Å². The van der Waals surface area contributed by atoms with Gasteiger partial charge in [0, 0.05) is 12.7 Å². The fraction of sp³-hybridized carbons (Fsp3) is 0.0952. The molecule has 3 aromatic heterocycles. The van der Waals surface area contributed by atoms with Crippen LogP contribution in [0.15, 0.2) is 73.5 Å². The van der Waals surface area contributed by atoms with Gasteiger partial charge in [0.05, 0.1) is 11.1 Å². The first-order valence-corrected chi connectivity index (χ1v) is 11.9. The average molecular weight is 455 g/mol. The maximum Gasteiger partial charge on any atom is 0.267 e. The van der Waals surface area contributed by atoms with Crippen LogP contribution in [0.4, 0.5) is 5.69 Å². The van der Waals surface area contributed by atoms with Crippen molar-refractivity contribution in [1.29, 1.82) is 0 Å². The maximum absolute atomic E-state index is 13.5. The van der Waals surface area contributed by atoms with Gasteiger partial charge in [-0.25, -0.2) is 4.98 Å². The van der Waals surface area contributed by atoms with Crippen molar-refractivity contribution in [3.63, 3.8) is 0 Å². The summed E-state index contributed by atoms with van der Waals surface area (Å²) in [5.41, 5.74) is 1.22. The number of anilines is 1. The van der Waals surface area contributed by atoms with Gasteiger partial charge in [0.15, 0.2) is 5.84 Å². The Labute approximate surface area is 182 Å². The van der Waals surface area contributed by atoms with Gasteiger partial charge in [0.2, 0.25) is 0 Å². The normalized spacial score (nSPS) is 15.7. The number of benzene rings is 1. The first-order valence-electron chi connectivity index (χ1n) is 9.42. The zero-order valence-electron chi connectivity index (χ0n) is 16.1. The Bertz CT molecular complexity index is 1380. The number of amidine groups is 1. The molecule has 0 bridgehead atoms. The second-order valence-electron chi connectivity index (χ2n) is 7.02. The van der Waals surface area contributed by atoms with Crippen LogP contribution >= 0.6 is 22.1 Å². The van der Waals surface area contributed by atoms with E-state index in [1.54, 1.807) is 53.9 Å². The summed E-state index contributed by atoms with van der Waals surface area (Å²) < 4.78 is 26.6. The molecule has 4 N–H and O–H groups in total. The van der Waals surface area contributed by atoms with Crippen LogP contribution in [0.25, 0.3) is 11.0 Å². The highest BCUT2D eigenvalue weighted by molar-refractivity contribution is 8.23. The van der Waals surface area contributed by atoms with Gasteiger partial charge in [0.25, 0.3) is 5.56 Å². The molecule has 5 rings (SSSR count). The standard InChI is InChI=1S/C21H18N4O4S2/c26-18-14-4-3-9-22-20(14)25(10-7-13-8-11-30-12-13)21(27)17(18)19-23-15-5-1-2-6-16(15)31(28,29)24-19/h1-6,8-9,11-12,26,28-29H,7,10H2,(H,23,24). The van der Waals surface area contributed by atoms with Crippen molar-refractivity contribution < 1.29 is 14.2 Å². The highest BCUT2D eigenvalue weighted by Gasteiger charge is 2.30. The molecule has 1 aromatic carbocycles. The fourth-order valence-corrected chi connectivity index (χ4v) is 5.47. The van der Waals surface area contributed by atoms with E-state index in [4.69, 9.17) is 0 Å². The van der Waals surface area contributed by atoms with Crippen LogP contribution in [0, 0.1) is 0 Å². The lowest BCUT2D eigenvalue weighted by atomic mass is 10.1. The fourth-order valence-electron chi connectivity index (χ4n) is 3.60. The van der Waals surface area contributed by atoms with Crippen LogP contribution in [0.3, 0.4) is 0 Å². The Hall–Kier alpha value is -3.18. The summed E-state index contributed by atoms with van der Waals surface area (Å²) in [6.07, 6.45) is 2.17. The smallest absolute Gasteiger partial charge is 0.267 e. The van der Waals surface area contributed by atoms with E-state index in [1.807, 2.05) is 16.8 Å². The van der Waals surface area contributed by atoms with Crippen molar-refractivity contribution in [2.24, 2.45) is 4.40 Å². The zero-order valence-corrected chi connectivity index (χ0v) is 17.7. The Morgan fingerprint density at radius 2 is 1.97 bits per heavy atom. The van der Waals surface area contributed by atoms with E-state index in [0.717, 1.165) is 5.56 Å². The molecule has 0 spiro atoms. The summed E-state index contributed by atoms with van der Waals surface area (Å²) in [6, 6.07) is 11.9. The number of rotatable bonds is 4. The molecule has 4 aromatic rings. The molecule has 0 atom stereocenters. The Morgan fingerprint density at radius 3 is 2.77 bits per heavy atom. The molecule has 31 heavy (non-hydrogen) atoms. The van der Waals surface area contributed by atoms with Crippen molar-refractivity contribution >= 4 is 44.7 Å². The van der Waals surface area contributed by atoms with Crippen LogP contribution in [-0.2, 0) is 13.0 Å². The molecule has 0 fully saturated rings. The zero-order chi connectivity index (χ0) is 21.6. The van der Waals surface area contributed by atoms with Crippen molar-refractivity contribution in [3.8, 4) is 5.75 Å². The minimum atomic E-state index is -3.53. The minimum absolute atomic E-state index is 0.0868. The van der Waals surface area contributed by atoms with Gasteiger partial charge in [-0.2, -0.15) is 11.3 Å². The van der Waals surface area contributed by atoms with Crippen LogP contribution in [0.2, 0.25) is 0 Å². The van der Waals surface area contributed by atoms with Gasteiger partial charge in [0.1, 0.15) is 21.9 Å². The quantitative estimate of drug-likeness (QED) is 0.365. The SMILES string of the molecule is O=c1c(C2=NS(O)(O)c3ccccc3N2)c(O)c2cccnc2n1CCc1ccsc1. The molecule has 10 heteroatoms. The Morgan fingerprint density at radius 1 is 1.13 bits per heavy atom. The van der Waals surface area contributed by atoms with Gasteiger partial charge >= 0.3 is 0 Å². The predicted molar refractivity (Wildman–Crippen MR) is 123 cm³/mol. The molecular formula is C21H18N4O4S2. The average Bonchev–Trinajstić information content (AvgIpc) is 3.27. The molecule has 0 unspecified atom stereocenters. The molecule has 0 saturated carbocycles. The Balaban J connectivity index is 1.69. The highest BCUT2D eigenvalue weighted by Crippen LogP contribution is 2.55. The van der Waals surface area contributed by atoms with Crippen molar-refractivity contribution in [1.82, 2.24) is 9.55 Å². The summed E-state index contributed by atoms with van der Waals surface area (Å²) in [5, 5.41) is 18.3. The first kappa shape index (κ1) is 19.8. The van der Waals surface area contributed by atoms with Gasteiger partial charge in [-0.05, 0) is 53.1 Å². The van der Waals surface area contributed by atoms with E-state index >= 15 is 0 Å². The van der Waals surface area contributed by atoms with E-state index in [2.05, 4.69) is 14.7 Å². The lowest BCUT2D eigenvalue weighted by Gasteiger charge is -2.34. The number of hydrogen-bond acceptors (Lipinski definition) is 8. The monoisotopic (exact) mass is 454 g/mol. The van der Waals surface area contributed by atoms with Gasteiger partial charge < -0.3 is 10.4 Å². The number of aryl methyl sites for hydroxylation is 2. The topological polar surface area (TPSA) is 120 Å². The Kier molecular flexibility index (Phi) is 4.78. The number of nitrogens with zero attached hydrogens (tertiary/aromatic N) is 3. The summed E-state index contributed by atoms with van der Waals surface area (Å²) >= 11 is 1.58. The lowest BCUT2D eigenvalue weighted by Crippen LogP contribution is -2.32. The molecule has 0 saturated heterocycles. The molecule has 158 valence electrons. The lowest BCUT2D eigenvalue weighted by molar-refractivity contribution is 0.476. The third-order valence-electron chi connectivity index (χ3n) is 5.09. The summed E-state index contributed by atoms with van der Waals surface area (Å²) in [7, 11) is -3.53. The molecule has 4 heterocycles. The number of nitrogens with one attached hydrogen (secondary N) is 1. The van der Waals surface area contributed by atoms with Crippen LogP contribution in [0.5, 0.6) is 5.75 Å². The van der Waals surface area contributed by atoms with E-state index < -0.39 is 16.3 Å². The number of pyridine rings is 2. The summed E-state index contributed by atoms with van der Waals surface area (Å²) in [5.74, 6) is -0.392. The van der Waals surface area contributed by atoms with Crippen LogP contribution < -0.4 is 10.9 Å². The minimum Gasteiger partial charge on any atom is -0.506 e. The van der Waals surface area contributed by atoms with Crippen molar-refractivity contribution in [3.05, 3.63) is 80.9 Å². The molecule has 0 aliphatic carbocycles. The second-order valence-corrected chi connectivity index (χ2v) is 9.46. The molecular weight excluding hydrogens is 436 g/mol. The molecule has 8 nitrogen and oxygen atoms in total. The first-order chi connectivity index (χ1) is 15.0.